The van der Waals surface area contributed by atoms with Crippen LogP contribution in [-0.2, 0) is 27.9 Å². The smallest absolute Gasteiger partial charge is 0.457 e. The molecule has 0 bridgehead atoms. The number of phosphoric acid groups is 1. The number of carbonyl (C=O) groups excluding carboxylic acids is 1. The van der Waals surface area contributed by atoms with Crippen molar-refractivity contribution in [3.63, 3.8) is 0 Å². The number of ether oxygens (including phenoxy) is 2. The highest BCUT2D eigenvalue weighted by Gasteiger charge is 2.25. The summed E-state index contributed by atoms with van der Waals surface area (Å²) in [5.41, 5.74) is 5.37. The van der Waals surface area contributed by atoms with Crippen molar-refractivity contribution in [2.24, 2.45) is 5.73 Å². The van der Waals surface area contributed by atoms with Crippen molar-refractivity contribution in [2.45, 2.75) is 213 Å². The minimum Gasteiger partial charge on any atom is -0.457 e. The predicted molar refractivity (Wildman–Crippen MR) is 238 cm³/mol. The van der Waals surface area contributed by atoms with E-state index in [1.165, 1.54) is 116 Å². The molecule has 0 aliphatic heterocycles. The molecular formula is C47H88NO7P. The fraction of sp³-hybridized carbons (Fsp3) is 0.809. The van der Waals surface area contributed by atoms with E-state index in [0.29, 0.717) is 13.0 Å². The van der Waals surface area contributed by atoms with Crippen LogP contribution in [0, 0.1) is 0 Å². The minimum atomic E-state index is -4.29. The summed E-state index contributed by atoms with van der Waals surface area (Å²) in [5, 5.41) is 0. The monoisotopic (exact) mass is 810 g/mol. The van der Waals surface area contributed by atoms with E-state index in [1.54, 1.807) is 0 Å². The average molecular weight is 810 g/mol. The molecule has 9 heteroatoms. The summed E-state index contributed by atoms with van der Waals surface area (Å²) in [7, 11) is -4.29. The Hall–Kier alpha value is -1.54. The molecule has 0 saturated heterocycles. The Kier molecular flexibility index (Phi) is 43.3. The molecule has 0 aliphatic carbocycles. The zero-order chi connectivity index (χ0) is 40.9. The van der Waals surface area contributed by atoms with Crippen molar-refractivity contribution in [2.75, 3.05) is 33.0 Å². The molecule has 3 N–H and O–H groups in total. The molecule has 0 aliphatic rings. The van der Waals surface area contributed by atoms with Gasteiger partial charge >= 0.3 is 13.8 Å². The molecule has 0 amide bonds. The Morgan fingerprint density at radius 2 is 1.00 bits per heavy atom. The Balaban J connectivity index is 4.01. The Morgan fingerprint density at radius 1 is 0.554 bits per heavy atom. The van der Waals surface area contributed by atoms with Gasteiger partial charge in [0.1, 0.15) is 6.10 Å². The highest BCUT2D eigenvalue weighted by atomic mass is 31.2. The fourth-order valence-electron chi connectivity index (χ4n) is 6.40. The number of allylic oxidation sites excluding steroid dienone is 8. The molecule has 0 spiro atoms. The third-order valence-electron chi connectivity index (χ3n) is 9.76. The number of phosphoric ester groups is 1. The third-order valence-corrected chi connectivity index (χ3v) is 10.7. The molecule has 0 aromatic heterocycles. The van der Waals surface area contributed by atoms with Crippen LogP contribution in [0.1, 0.15) is 206 Å². The molecular weight excluding hydrogens is 721 g/mol. The number of esters is 1. The van der Waals surface area contributed by atoms with E-state index in [1.807, 2.05) is 0 Å². The maximum Gasteiger partial charge on any atom is 0.472 e. The van der Waals surface area contributed by atoms with E-state index in [2.05, 4.69) is 62.5 Å². The summed E-state index contributed by atoms with van der Waals surface area (Å²) in [6, 6.07) is 0. The second kappa shape index (κ2) is 44.6. The van der Waals surface area contributed by atoms with Gasteiger partial charge in [-0.25, -0.2) is 4.57 Å². The van der Waals surface area contributed by atoms with Crippen LogP contribution < -0.4 is 5.73 Å². The maximum atomic E-state index is 12.6. The number of hydrogen-bond donors (Lipinski definition) is 2. The largest absolute Gasteiger partial charge is 0.472 e. The van der Waals surface area contributed by atoms with Gasteiger partial charge in [0.05, 0.1) is 19.8 Å². The molecule has 0 saturated carbocycles. The van der Waals surface area contributed by atoms with Gasteiger partial charge in [0, 0.05) is 19.6 Å². The van der Waals surface area contributed by atoms with Gasteiger partial charge in [-0.3, -0.25) is 13.8 Å². The topological polar surface area (TPSA) is 117 Å². The van der Waals surface area contributed by atoms with Crippen molar-refractivity contribution >= 4 is 13.8 Å². The molecule has 0 rings (SSSR count). The van der Waals surface area contributed by atoms with Gasteiger partial charge in [0.15, 0.2) is 0 Å². The van der Waals surface area contributed by atoms with E-state index in [9.17, 15) is 14.3 Å². The van der Waals surface area contributed by atoms with Crippen LogP contribution in [0.3, 0.4) is 0 Å². The van der Waals surface area contributed by atoms with Crippen molar-refractivity contribution in [3.8, 4) is 0 Å². The van der Waals surface area contributed by atoms with Crippen LogP contribution in [-0.4, -0.2) is 49.9 Å². The molecule has 56 heavy (non-hydrogen) atoms. The molecule has 0 aromatic rings. The summed E-state index contributed by atoms with van der Waals surface area (Å²) in [6.07, 6.45) is 52.8. The van der Waals surface area contributed by atoms with Crippen LogP contribution in [0.5, 0.6) is 0 Å². The molecule has 8 nitrogen and oxygen atoms in total. The second-order valence-electron chi connectivity index (χ2n) is 15.2. The Morgan fingerprint density at radius 3 is 1.50 bits per heavy atom. The van der Waals surface area contributed by atoms with E-state index < -0.39 is 13.9 Å². The van der Waals surface area contributed by atoms with Crippen molar-refractivity contribution in [1.29, 1.82) is 0 Å². The number of unbranched alkanes of at least 4 members (excludes halogenated alkanes) is 23. The number of nitrogens with two attached hydrogens (primary N) is 1. The lowest BCUT2D eigenvalue weighted by atomic mass is 10.0. The molecule has 0 aromatic carbocycles. The van der Waals surface area contributed by atoms with Gasteiger partial charge in [0.25, 0.3) is 0 Å². The molecule has 0 heterocycles. The maximum absolute atomic E-state index is 12.6. The lowest BCUT2D eigenvalue weighted by Gasteiger charge is -2.20. The molecule has 2 atom stereocenters. The molecule has 0 fully saturated rings. The Labute approximate surface area is 345 Å². The number of hydrogen-bond acceptors (Lipinski definition) is 7. The normalized spacial score (nSPS) is 13.9. The number of rotatable bonds is 44. The first kappa shape index (κ1) is 54.5. The Bertz CT molecular complexity index is 999. The van der Waals surface area contributed by atoms with Crippen molar-refractivity contribution < 1.29 is 32.8 Å². The second-order valence-corrected chi connectivity index (χ2v) is 16.7. The summed E-state index contributed by atoms with van der Waals surface area (Å²) < 4.78 is 33.5. The van der Waals surface area contributed by atoms with Crippen LogP contribution in [0.4, 0.5) is 0 Å². The van der Waals surface area contributed by atoms with Gasteiger partial charge in [0.2, 0.25) is 0 Å². The average Bonchev–Trinajstić information content (AvgIpc) is 3.19. The van der Waals surface area contributed by atoms with E-state index in [0.717, 1.165) is 70.6 Å². The summed E-state index contributed by atoms with van der Waals surface area (Å²) >= 11 is 0. The number of carbonyl (C=O) groups is 1. The summed E-state index contributed by atoms with van der Waals surface area (Å²) in [4.78, 5) is 22.5. The molecule has 328 valence electrons. The zero-order valence-corrected chi connectivity index (χ0v) is 37.3. The quantitative estimate of drug-likeness (QED) is 0.0270. The predicted octanol–water partition coefficient (Wildman–Crippen LogP) is 14.0. The summed E-state index contributed by atoms with van der Waals surface area (Å²) in [6.45, 7) is 4.80. The van der Waals surface area contributed by atoms with Gasteiger partial charge in [-0.1, -0.05) is 197 Å². The molecule has 0 radical (unpaired) electrons. The van der Waals surface area contributed by atoms with E-state index in [4.69, 9.17) is 24.3 Å². The van der Waals surface area contributed by atoms with Gasteiger partial charge in [-0.2, -0.15) is 0 Å². The van der Waals surface area contributed by atoms with E-state index >= 15 is 0 Å². The minimum absolute atomic E-state index is 0.0956. The van der Waals surface area contributed by atoms with E-state index in [-0.39, 0.29) is 32.3 Å². The lowest BCUT2D eigenvalue weighted by Crippen LogP contribution is -2.28. The first-order chi connectivity index (χ1) is 27.4. The summed E-state index contributed by atoms with van der Waals surface area (Å²) in [5.74, 6) is -0.351. The third kappa shape index (κ3) is 43.6. The van der Waals surface area contributed by atoms with Crippen LogP contribution in [0.2, 0.25) is 0 Å². The van der Waals surface area contributed by atoms with Gasteiger partial charge in [-0.15, -0.1) is 0 Å². The first-order valence-electron chi connectivity index (χ1n) is 23.1. The van der Waals surface area contributed by atoms with Gasteiger partial charge in [-0.05, 0) is 51.4 Å². The molecule has 2 unspecified atom stereocenters. The first-order valence-corrected chi connectivity index (χ1v) is 24.6. The van der Waals surface area contributed by atoms with Crippen LogP contribution in [0.15, 0.2) is 48.6 Å². The standard InChI is InChI=1S/C47H88NO7P/c1-3-5-7-9-11-13-15-17-19-21-22-23-25-27-29-31-33-35-37-39-42-52-44-46(45-54-56(50,51)53-43-41-48)55-47(49)40-38-36-34-32-30-28-26-24-20-18-16-14-12-10-8-6-4-2/h6,8,12,14,18,20,26,28,46H,3-5,7,9-11,13,15-17,19,21-25,27,29-45,48H2,1-2H3,(H,50,51)/b8-6-,14-12-,20-18-,28-26-. The van der Waals surface area contributed by atoms with Crippen molar-refractivity contribution in [1.82, 2.24) is 0 Å². The fourth-order valence-corrected chi connectivity index (χ4v) is 7.17. The van der Waals surface area contributed by atoms with Crippen LogP contribution in [0.25, 0.3) is 0 Å². The highest BCUT2D eigenvalue weighted by molar-refractivity contribution is 7.47. The zero-order valence-electron chi connectivity index (χ0n) is 36.4. The SMILES string of the molecule is CC/C=C\C/C=C\C/C=C\C/C=C\CCCCCCC(=O)OC(COCCCCCCCCCCCCCCCCCCCCCC)COP(=O)(O)OCCN. The highest BCUT2D eigenvalue weighted by Crippen LogP contribution is 2.43. The van der Waals surface area contributed by atoms with Gasteiger partial charge < -0.3 is 20.1 Å². The van der Waals surface area contributed by atoms with Crippen molar-refractivity contribution in [3.05, 3.63) is 48.6 Å². The lowest BCUT2D eigenvalue weighted by molar-refractivity contribution is -0.154. The van der Waals surface area contributed by atoms with Crippen LogP contribution >= 0.6 is 7.82 Å².